The van der Waals surface area contributed by atoms with Gasteiger partial charge in [0.1, 0.15) is 0 Å². The van der Waals surface area contributed by atoms with Crippen molar-refractivity contribution >= 4 is 11.9 Å². The topological polar surface area (TPSA) is 92.4 Å². The predicted molar refractivity (Wildman–Crippen MR) is 72.5 cm³/mol. The van der Waals surface area contributed by atoms with Crippen molar-refractivity contribution in [1.29, 1.82) is 0 Å². The van der Waals surface area contributed by atoms with E-state index in [2.05, 4.69) is 5.32 Å². The monoisotopic (exact) mass is 264 g/mol. The first-order chi connectivity index (χ1) is 9.09. The number of carboxylic acids is 1. The van der Waals surface area contributed by atoms with Crippen LogP contribution in [-0.4, -0.2) is 23.5 Å². The van der Waals surface area contributed by atoms with E-state index in [-0.39, 0.29) is 18.4 Å². The first-order valence-corrected chi connectivity index (χ1v) is 6.38. The van der Waals surface area contributed by atoms with Crippen molar-refractivity contribution in [3.05, 3.63) is 35.9 Å². The van der Waals surface area contributed by atoms with Gasteiger partial charge in [-0.05, 0) is 18.4 Å². The summed E-state index contributed by atoms with van der Waals surface area (Å²) < 4.78 is 0. The molecule has 0 saturated carbocycles. The normalized spacial score (nSPS) is 11.8. The van der Waals surface area contributed by atoms with Crippen LogP contribution in [0.1, 0.15) is 37.3 Å². The van der Waals surface area contributed by atoms with E-state index in [4.69, 9.17) is 10.8 Å². The number of aliphatic carboxylic acids is 1. The van der Waals surface area contributed by atoms with Gasteiger partial charge in [0.25, 0.3) is 0 Å². The van der Waals surface area contributed by atoms with Crippen LogP contribution in [0.2, 0.25) is 0 Å². The van der Waals surface area contributed by atoms with Gasteiger partial charge >= 0.3 is 5.97 Å². The predicted octanol–water partition coefficient (Wildman–Crippen LogP) is 1.45. The van der Waals surface area contributed by atoms with Gasteiger partial charge in [-0.2, -0.15) is 0 Å². The highest BCUT2D eigenvalue weighted by atomic mass is 16.4. The quantitative estimate of drug-likeness (QED) is 0.619. The van der Waals surface area contributed by atoms with E-state index < -0.39 is 5.97 Å². The van der Waals surface area contributed by atoms with Gasteiger partial charge < -0.3 is 16.2 Å². The summed E-state index contributed by atoms with van der Waals surface area (Å²) in [5, 5.41) is 11.1. The summed E-state index contributed by atoms with van der Waals surface area (Å²) in [4.78, 5) is 21.8. The van der Waals surface area contributed by atoms with Crippen molar-refractivity contribution in [2.45, 2.75) is 31.7 Å². The van der Waals surface area contributed by atoms with Gasteiger partial charge in [0, 0.05) is 25.4 Å². The Balaban J connectivity index is 2.18. The van der Waals surface area contributed by atoms with Gasteiger partial charge in [-0.1, -0.05) is 30.3 Å². The summed E-state index contributed by atoms with van der Waals surface area (Å²) >= 11 is 0. The van der Waals surface area contributed by atoms with Gasteiger partial charge in [0.05, 0.1) is 0 Å². The largest absolute Gasteiger partial charge is 0.481 e. The second-order valence-corrected chi connectivity index (χ2v) is 4.40. The van der Waals surface area contributed by atoms with Crippen molar-refractivity contribution in [3.8, 4) is 0 Å². The molecule has 1 aromatic rings. The number of nitrogens with one attached hydrogen (secondary N) is 1. The summed E-state index contributed by atoms with van der Waals surface area (Å²) in [5.74, 6) is -0.933. The van der Waals surface area contributed by atoms with Crippen molar-refractivity contribution < 1.29 is 14.7 Å². The number of carbonyl (C=O) groups excluding carboxylic acids is 1. The maximum Gasteiger partial charge on any atom is 0.303 e. The molecule has 0 aliphatic rings. The zero-order valence-electron chi connectivity index (χ0n) is 10.8. The average Bonchev–Trinajstić information content (AvgIpc) is 2.41. The highest BCUT2D eigenvalue weighted by Crippen LogP contribution is 2.14. The van der Waals surface area contributed by atoms with E-state index in [0.29, 0.717) is 25.8 Å². The molecule has 0 fully saturated rings. The van der Waals surface area contributed by atoms with Crippen LogP contribution in [0, 0.1) is 0 Å². The lowest BCUT2D eigenvalue weighted by atomic mass is 10.0. The van der Waals surface area contributed by atoms with Crippen molar-refractivity contribution in [2.75, 3.05) is 6.54 Å². The number of hydrogen-bond acceptors (Lipinski definition) is 3. The van der Waals surface area contributed by atoms with Gasteiger partial charge in [-0.25, -0.2) is 0 Å². The Kier molecular flexibility index (Phi) is 6.60. The molecule has 1 aromatic carbocycles. The minimum Gasteiger partial charge on any atom is -0.481 e. The molecular formula is C14H20N2O3. The zero-order valence-corrected chi connectivity index (χ0v) is 10.8. The molecule has 0 radical (unpaired) electrons. The number of nitrogens with two attached hydrogens (primary N) is 1. The molecule has 5 nitrogen and oxygen atoms in total. The molecule has 0 saturated heterocycles. The summed E-state index contributed by atoms with van der Waals surface area (Å²) in [6.07, 6.45) is 1.45. The third-order valence-electron chi connectivity index (χ3n) is 2.80. The number of benzene rings is 1. The summed E-state index contributed by atoms with van der Waals surface area (Å²) in [5.41, 5.74) is 7.00. The molecule has 4 N–H and O–H groups in total. The molecule has 104 valence electrons. The lowest BCUT2D eigenvalue weighted by Crippen LogP contribution is -2.25. The highest BCUT2D eigenvalue weighted by molar-refractivity contribution is 5.76. The van der Waals surface area contributed by atoms with E-state index >= 15 is 0 Å². The molecule has 1 atom stereocenters. The molecule has 0 bridgehead atoms. The van der Waals surface area contributed by atoms with Gasteiger partial charge in [0.15, 0.2) is 0 Å². The SMILES string of the molecule is NC(CCC(=O)NCCCC(=O)O)c1ccccc1. The van der Waals surface area contributed by atoms with Crippen molar-refractivity contribution in [1.82, 2.24) is 5.32 Å². The van der Waals surface area contributed by atoms with Gasteiger partial charge in [0.2, 0.25) is 5.91 Å². The number of rotatable bonds is 8. The second-order valence-electron chi connectivity index (χ2n) is 4.40. The van der Waals surface area contributed by atoms with E-state index in [1.807, 2.05) is 30.3 Å². The van der Waals surface area contributed by atoms with E-state index in [1.165, 1.54) is 0 Å². The van der Waals surface area contributed by atoms with Crippen LogP contribution in [0.5, 0.6) is 0 Å². The molecule has 0 aliphatic carbocycles. The Morgan fingerprint density at radius 3 is 2.53 bits per heavy atom. The number of carbonyl (C=O) groups is 2. The summed E-state index contributed by atoms with van der Waals surface area (Å²) in [6.45, 7) is 0.395. The van der Waals surface area contributed by atoms with Crippen LogP contribution in [0.4, 0.5) is 0 Å². The molecule has 0 heterocycles. The molecule has 1 unspecified atom stereocenters. The van der Waals surface area contributed by atoms with Crippen molar-refractivity contribution in [2.24, 2.45) is 5.73 Å². The van der Waals surface area contributed by atoms with E-state index in [0.717, 1.165) is 5.56 Å². The second kappa shape index (κ2) is 8.26. The third kappa shape index (κ3) is 6.57. The van der Waals surface area contributed by atoms with E-state index in [9.17, 15) is 9.59 Å². The number of carboxylic acid groups (broad SMARTS) is 1. The molecule has 19 heavy (non-hydrogen) atoms. The summed E-state index contributed by atoms with van der Waals surface area (Å²) in [6, 6.07) is 9.49. The average molecular weight is 264 g/mol. The Morgan fingerprint density at radius 2 is 1.89 bits per heavy atom. The van der Waals surface area contributed by atoms with Crippen LogP contribution in [0.3, 0.4) is 0 Å². The van der Waals surface area contributed by atoms with Crippen LogP contribution in [0.15, 0.2) is 30.3 Å². The molecule has 1 rings (SSSR count). The maximum atomic E-state index is 11.5. The minimum absolute atomic E-state index is 0.0732. The first-order valence-electron chi connectivity index (χ1n) is 6.38. The third-order valence-corrected chi connectivity index (χ3v) is 2.80. The Labute approximate surface area is 112 Å². The first kappa shape index (κ1) is 15.2. The molecule has 5 heteroatoms. The van der Waals surface area contributed by atoms with Crippen molar-refractivity contribution in [3.63, 3.8) is 0 Å². The minimum atomic E-state index is -0.847. The lowest BCUT2D eigenvalue weighted by molar-refractivity contribution is -0.137. The van der Waals surface area contributed by atoms with Crippen LogP contribution in [-0.2, 0) is 9.59 Å². The van der Waals surface area contributed by atoms with Crippen LogP contribution < -0.4 is 11.1 Å². The Hall–Kier alpha value is -1.88. The fraction of sp³-hybridized carbons (Fsp3) is 0.429. The molecule has 0 spiro atoms. The van der Waals surface area contributed by atoms with Gasteiger partial charge in [-0.3, -0.25) is 9.59 Å². The fourth-order valence-corrected chi connectivity index (χ4v) is 1.71. The van der Waals surface area contributed by atoms with Gasteiger partial charge in [-0.15, -0.1) is 0 Å². The molecule has 1 amide bonds. The zero-order chi connectivity index (χ0) is 14.1. The Morgan fingerprint density at radius 1 is 1.21 bits per heavy atom. The fourth-order valence-electron chi connectivity index (χ4n) is 1.71. The lowest BCUT2D eigenvalue weighted by Gasteiger charge is -2.11. The number of amides is 1. The Bertz CT molecular complexity index is 406. The maximum absolute atomic E-state index is 11.5. The smallest absolute Gasteiger partial charge is 0.303 e. The summed E-state index contributed by atoms with van der Waals surface area (Å²) in [7, 11) is 0. The molecule has 0 aliphatic heterocycles. The number of hydrogen-bond donors (Lipinski definition) is 3. The van der Waals surface area contributed by atoms with E-state index in [1.54, 1.807) is 0 Å². The van der Waals surface area contributed by atoms with Crippen LogP contribution >= 0.6 is 0 Å². The van der Waals surface area contributed by atoms with Crippen LogP contribution in [0.25, 0.3) is 0 Å². The molecular weight excluding hydrogens is 244 g/mol. The highest BCUT2D eigenvalue weighted by Gasteiger charge is 2.08. The standard InChI is InChI=1S/C14H20N2O3/c15-12(11-5-2-1-3-6-11)8-9-13(17)16-10-4-7-14(18)19/h1-3,5-6,12H,4,7-10,15H2,(H,16,17)(H,18,19). The molecule has 0 aromatic heterocycles.